The summed E-state index contributed by atoms with van der Waals surface area (Å²) >= 11 is 0. The molecule has 0 unspecified atom stereocenters. The van der Waals surface area contributed by atoms with E-state index in [-0.39, 0.29) is 0 Å². The largest absolute Gasteiger partial charge is 0.455 e. The van der Waals surface area contributed by atoms with Crippen molar-refractivity contribution in [3.63, 3.8) is 0 Å². The Morgan fingerprint density at radius 3 is 2.20 bits per heavy atom. The molecule has 0 N–H and O–H groups in total. The lowest BCUT2D eigenvalue weighted by atomic mass is 9.98. The highest BCUT2D eigenvalue weighted by Crippen LogP contribution is 2.42. The molecule has 0 amide bonds. The molecule has 0 radical (unpaired) electrons. The Kier molecular flexibility index (Phi) is 4.85. The fraction of sp³-hybridized carbons (Fsp3) is 0.0278. The van der Waals surface area contributed by atoms with Gasteiger partial charge in [-0.2, -0.15) is 0 Å². The molecule has 0 saturated carbocycles. The van der Waals surface area contributed by atoms with E-state index in [1.807, 2.05) is 37.3 Å². The van der Waals surface area contributed by atoms with Gasteiger partial charge in [-0.25, -0.2) is 4.98 Å². The Bertz CT molecular complexity index is 2220. The second-order valence-corrected chi connectivity index (χ2v) is 9.92. The molecule has 0 aliphatic carbocycles. The van der Waals surface area contributed by atoms with E-state index in [2.05, 4.69) is 90.0 Å². The number of hydrogen-bond donors (Lipinski definition) is 0. The van der Waals surface area contributed by atoms with E-state index in [0.717, 1.165) is 60.7 Å². The normalized spacial score (nSPS) is 12.4. The van der Waals surface area contributed by atoms with Gasteiger partial charge in [-0.3, -0.25) is 0 Å². The maximum absolute atomic E-state index is 6.66. The summed E-state index contributed by atoms with van der Waals surface area (Å²) in [5.41, 5.74) is 7.58. The number of nitrogens with zero attached hydrogens (tertiary/aromatic N) is 2. The minimum Gasteiger partial charge on any atom is -0.455 e. The molecule has 8 aromatic rings. The number of furan rings is 1. The molecule has 40 heavy (non-hydrogen) atoms. The number of rotatable bonds is 4. The zero-order valence-corrected chi connectivity index (χ0v) is 21.9. The molecule has 0 fully saturated rings. The van der Waals surface area contributed by atoms with Gasteiger partial charge in [0.2, 0.25) is 5.89 Å². The highest BCUT2D eigenvalue weighted by Gasteiger charge is 2.24. The van der Waals surface area contributed by atoms with E-state index >= 15 is 0 Å². The average Bonchev–Trinajstić information content (AvgIpc) is 3.69. The quantitative estimate of drug-likeness (QED) is 0.234. The van der Waals surface area contributed by atoms with Crippen LogP contribution in [-0.4, -0.2) is 9.55 Å². The zero-order chi connectivity index (χ0) is 26.8. The SMILES string of the molecule is C=Cc1oc2c(ccc3cccc(-n4c5ccccc5c5ccccc54)c32)c1/C(=C\C)c1nc2ccccc2o1. The molecule has 4 nitrogen and oxygen atoms in total. The summed E-state index contributed by atoms with van der Waals surface area (Å²) < 4.78 is 15.2. The number of allylic oxidation sites excluding steroid dienone is 1. The molecule has 3 heterocycles. The van der Waals surface area contributed by atoms with Crippen molar-refractivity contribution >= 4 is 66.3 Å². The lowest BCUT2D eigenvalue weighted by Gasteiger charge is -2.12. The van der Waals surface area contributed by atoms with E-state index < -0.39 is 0 Å². The molecule has 0 aliphatic rings. The summed E-state index contributed by atoms with van der Waals surface area (Å²) in [6, 6.07) is 35.7. The third kappa shape index (κ3) is 3.10. The number of hydrogen-bond acceptors (Lipinski definition) is 3. The molecule has 4 heteroatoms. The number of para-hydroxylation sites is 4. The van der Waals surface area contributed by atoms with Gasteiger partial charge in [0.1, 0.15) is 16.9 Å². The summed E-state index contributed by atoms with van der Waals surface area (Å²) in [7, 11) is 0. The van der Waals surface area contributed by atoms with Crippen LogP contribution in [0.3, 0.4) is 0 Å². The van der Waals surface area contributed by atoms with Crippen LogP contribution >= 0.6 is 0 Å². The van der Waals surface area contributed by atoms with Crippen LogP contribution < -0.4 is 0 Å². The molecule has 0 saturated heterocycles. The fourth-order valence-electron chi connectivity index (χ4n) is 6.08. The first kappa shape index (κ1) is 22.6. The van der Waals surface area contributed by atoms with Gasteiger partial charge in [-0.15, -0.1) is 0 Å². The number of aromatic nitrogens is 2. The summed E-state index contributed by atoms with van der Waals surface area (Å²) in [6.07, 6.45) is 3.81. The van der Waals surface area contributed by atoms with Gasteiger partial charge in [-0.05, 0) is 54.8 Å². The second-order valence-electron chi connectivity index (χ2n) is 9.92. The van der Waals surface area contributed by atoms with E-state index in [1.54, 1.807) is 6.08 Å². The van der Waals surface area contributed by atoms with Crippen molar-refractivity contribution in [2.45, 2.75) is 6.92 Å². The summed E-state index contributed by atoms with van der Waals surface area (Å²) in [5, 5.41) is 5.59. The van der Waals surface area contributed by atoms with Crippen molar-refractivity contribution in [3.05, 3.63) is 133 Å². The van der Waals surface area contributed by atoms with Gasteiger partial charge in [-0.1, -0.05) is 79.4 Å². The van der Waals surface area contributed by atoms with Gasteiger partial charge >= 0.3 is 0 Å². The molecule has 5 aromatic carbocycles. The van der Waals surface area contributed by atoms with Crippen molar-refractivity contribution in [3.8, 4) is 5.69 Å². The fourth-order valence-corrected chi connectivity index (χ4v) is 6.08. The molecule has 0 atom stereocenters. The van der Waals surface area contributed by atoms with Crippen LogP contribution in [0.1, 0.15) is 24.1 Å². The molecule has 0 aliphatic heterocycles. The number of fused-ring (bicyclic) bond motifs is 7. The minimum absolute atomic E-state index is 0.560. The number of oxazole rings is 1. The minimum atomic E-state index is 0.560. The topological polar surface area (TPSA) is 44.1 Å². The Morgan fingerprint density at radius 2 is 1.48 bits per heavy atom. The second kappa shape index (κ2) is 8.58. The first-order valence-corrected chi connectivity index (χ1v) is 13.4. The maximum atomic E-state index is 6.66. The van der Waals surface area contributed by atoms with Crippen LogP contribution in [0.5, 0.6) is 0 Å². The highest BCUT2D eigenvalue weighted by atomic mass is 16.4. The van der Waals surface area contributed by atoms with Crippen molar-refractivity contribution in [1.29, 1.82) is 0 Å². The molecule has 8 rings (SSSR count). The van der Waals surface area contributed by atoms with E-state index in [1.165, 1.54) is 10.8 Å². The van der Waals surface area contributed by atoms with Gasteiger partial charge in [0.25, 0.3) is 0 Å². The van der Waals surface area contributed by atoms with Crippen LogP contribution in [0.2, 0.25) is 0 Å². The molecule has 190 valence electrons. The van der Waals surface area contributed by atoms with Crippen molar-refractivity contribution in [2.24, 2.45) is 0 Å². The maximum Gasteiger partial charge on any atom is 0.227 e. The van der Waals surface area contributed by atoms with Gasteiger partial charge in [0.15, 0.2) is 5.58 Å². The first-order valence-electron chi connectivity index (χ1n) is 13.4. The standard InChI is InChI=1S/C36H24N2O2/c1-3-23(36-37-27-15-7-10-19-32(27)40-36)34-26-21-20-22-12-11-18-30(33(22)35(26)39-31(34)4-2)38-28-16-8-5-13-24(28)25-14-6-9-17-29(25)38/h3-21H,2H2,1H3/b23-3+. The van der Waals surface area contributed by atoms with Gasteiger partial charge in [0.05, 0.1) is 16.7 Å². The summed E-state index contributed by atoms with van der Waals surface area (Å²) in [5.74, 6) is 1.25. The smallest absolute Gasteiger partial charge is 0.227 e. The Morgan fingerprint density at radius 1 is 0.750 bits per heavy atom. The molecular formula is C36H24N2O2. The van der Waals surface area contributed by atoms with E-state index in [9.17, 15) is 0 Å². The van der Waals surface area contributed by atoms with Crippen LogP contribution in [0.15, 0.2) is 125 Å². The Hall–Kier alpha value is -5.35. The van der Waals surface area contributed by atoms with Crippen LogP contribution in [-0.2, 0) is 0 Å². The van der Waals surface area contributed by atoms with Crippen molar-refractivity contribution < 1.29 is 8.83 Å². The molecular weight excluding hydrogens is 492 g/mol. The predicted octanol–water partition coefficient (Wildman–Crippen LogP) is 9.92. The van der Waals surface area contributed by atoms with Crippen LogP contribution in [0.4, 0.5) is 0 Å². The highest BCUT2D eigenvalue weighted by molar-refractivity contribution is 6.16. The molecule has 3 aromatic heterocycles. The predicted molar refractivity (Wildman–Crippen MR) is 165 cm³/mol. The summed E-state index contributed by atoms with van der Waals surface area (Å²) in [4.78, 5) is 4.80. The zero-order valence-electron chi connectivity index (χ0n) is 21.9. The third-order valence-corrected chi connectivity index (χ3v) is 7.79. The lowest BCUT2D eigenvalue weighted by molar-refractivity contribution is 0.582. The Balaban J connectivity index is 1.46. The van der Waals surface area contributed by atoms with E-state index in [0.29, 0.717) is 11.7 Å². The third-order valence-electron chi connectivity index (χ3n) is 7.79. The van der Waals surface area contributed by atoms with Gasteiger partial charge in [0, 0.05) is 32.7 Å². The molecule has 0 bridgehead atoms. The van der Waals surface area contributed by atoms with Gasteiger partial charge < -0.3 is 13.4 Å². The monoisotopic (exact) mass is 516 g/mol. The Labute approximate surface area is 230 Å². The van der Waals surface area contributed by atoms with Crippen LogP contribution in [0.25, 0.3) is 72.0 Å². The summed E-state index contributed by atoms with van der Waals surface area (Å²) in [6.45, 7) is 6.10. The van der Waals surface area contributed by atoms with Crippen LogP contribution in [0, 0.1) is 0 Å². The molecule has 0 spiro atoms. The number of benzene rings is 5. The van der Waals surface area contributed by atoms with E-state index in [4.69, 9.17) is 13.8 Å². The lowest BCUT2D eigenvalue weighted by Crippen LogP contribution is -1.95. The van der Waals surface area contributed by atoms with Crippen molar-refractivity contribution in [1.82, 2.24) is 9.55 Å². The average molecular weight is 517 g/mol. The van der Waals surface area contributed by atoms with Crippen molar-refractivity contribution in [2.75, 3.05) is 0 Å². The first-order chi connectivity index (χ1) is 19.8.